The molecule has 0 aromatic rings. The Morgan fingerprint density at radius 3 is 2.79 bits per heavy atom. The number of likely N-dealkylation sites (tertiary alicyclic amines) is 1. The Balaban J connectivity index is 2.70. The minimum Gasteiger partial charge on any atom is -0.338 e. The van der Waals surface area contributed by atoms with Crippen LogP contribution in [0.1, 0.15) is 26.7 Å². The van der Waals surface area contributed by atoms with Gasteiger partial charge < -0.3 is 4.90 Å². The molecule has 1 amide bonds. The van der Waals surface area contributed by atoms with E-state index in [9.17, 15) is 9.18 Å². The van der Waals surface area contributed by atoms with Crippen molar-refractivity contribution in [3.05, 3.63) is 0 Å². The van der Waals surface area contributed by atoms with Crippen LogP contribution in [0.2, 0.25) is 0 Å². The molecule has 0 aliphatic carbocycles. The maximum atomic E-state index is 12.9. The predicted octanol–water partition coefficient (Wildman–Crippen LogP) is 1.50. The van der Waals surface area contributed by atoms with Gasteiger partial charge >= 0.3 is 0 Å². The van der Waals surface area contributed by atoms with Crippen molar-refractivity contribution in [2.45, 2.75) is 32.9 Å². The molecule has 0 radical (unpaired) electrons. The van der Waals surface area contributed by atoms with E-state index in [2.05, 4.69) is 0 Å². The number of hydrogen-bond donors (Lipinski definition) is 0. The first-order valence-electron chi connectivity index (χ1n) is 4.88. The Bertz CT molecular complexity index is 274. The standard InChI is InChI=1S/C10H15FN2O/c1-3-10(2,7-12)9(14)13-5-4-8(11)6-13/h8H,3-6H2,1-2H3. The minimum atomic E-state index is -0.982. The average molecular weight is 198 g/mol. The second kappa shape index (κ2) is 3.95. The molecule has 1 fully saturated rings. The topological polar surface area (TPSA) is 44.1 Å². The first-order valence-corrected chi connectivity index (χ1v) is 4.88. The number of alkyl halides is 1. The summed E-state index contributed by atoms with van der Waals surface area (Å²) in [5, 5.41) is 8.89. The van der Waals surface area contributed by atoms with Crippen LogP contribution in [-0.2, 0) is 4.79 Å². The monoisotopic (exact) mass is 198 g/mol. The van der Waals surface area contributed by atoms with Crippen LogP contribution in [0.3, 0.4) is 0 Å². The predicted molar refractivity (Wildman–Crippen MR) is 50.1 cm³/mol. The molecular formula is C10H15FN2O. The van der Waals surface area contributed by atoms with Gasteiger partial charge in [0.1, 0.15) is 11.6 Å². The molecule has 3 nitrogen and oxygen atoms in total. The van der Waals surface area contributed by atoms with Crippen molar-refractivity contribution in [2.75, 3.05) is 13.1 Å². The summed E-state index contributed by atoms with van der Waals surface area (Å²) in [4.78, 5) is 13.3. The van der Waals surface area contributed by atoms with Crippen molar-refractivity contribution in [3.8, 4) is 6.07 Å². The lowest BCUT2D eigenvalue weighted by Gasteiger charge is -2.25. The molecule has 2 unspecified atom stereocenters. The van der Waals surface area contributed by atoms with Gasteiger partial charge in [-0.05, 0) is 19.8 Å². The van der Waals surface area contributed by atoms with Crippen molar-refractivity contribution >= 4 is 5.91 Å². The van der Waals surface area contributed by atoms with Crippen molar-refractivity contribution in [2.24, 2.45) is 5.41 Å². The lowest BCUT2D eigenvalue weighted by atomic mass is 9.88. The summed E-state index contributed by atoms with van der Waals surface area (Å²) in [6, 6.07) is 2.01. The number of nitrogens with zero attached hydrogens (tertiary/aromatic N) is 2. The smallest absolute Gasteiger partial charge is 0.242 e. The number of amides is 1. The summed E-state index contributed by atoms with van der Waals surface area (Å²) >= 11 is 0. The molecule has 1 aliphatic rings. The molecular weight excluding hydrogens is 183 g/mol. The van der Waals surface area contributed by atoms with E-state index in [0.717, 1.165) is 0 Å². The van der Waals surface area contributed by atoms with Gasteiger partial charge in [-0.3, -0.25) is 4.79 Å². The maximum Gasteiger partial charge on any atom is 0.242 e. The third-order valence-corrected chi connectivity index (χ3v) is 2.84. The fourth-order valence-corrected chi connectivity index (χ4v) is 1.53. The summed E-state index contributed by atoms with van der Waals surface area (Å²) in [7, 11) is 0. The molecule has 2 atom stereocenters. The molecule has 0 bridgehead atoms. The lowest BCUT2D eigenvalue weighted by molar-refractivity contribution is -0.137. The van der Waals surface area contributed by atoms with Crippen LogP contribution in [0.15, 0.2) is 0 Å². The van der Waals surface area contributed by atoms with E-state index < -0.39 is 11.6 Å². The SMILES string of the molecule is CCC(C)(C#N)C(=O)N1CCC(F)C1. The summed E-state index contributed by atoms with van der Waals surface area (Å²) in [6.45, 7) is 4.00. The zero-order valence-corrected chi connectivity index (χ0v) is 8.59. The fourth-order valence-electron chi connectivity index (χ4n) is 1.53. The molecule has 0 aromatic heterocycles. The Morgan fingerprint density at radius 1 is 1.79 bits per heavy atom. The molecule has 1 aliphatic heterocycles. The molecule has 4 heteroatoms. The van der Waals surface area contributed by atoms with Gasteiger partial charge in [0.05, 0.1) is 12.6 Å². The van der Waals surface area contributed by atoms with Crippen LogP contribution >= 0.6 is 0 Å². The number of nitriles is 1. The van der Waals surface area contributed by atoms with Crippen molar-refractivity contribution in [1.29, 1.82) is 5.26 Å². The third-order valence-electron chi connectivity index (χ3n) is 2.84. The number of carbonyl (C=O) groups excluding carboxylic acids is 1. The number of carbonyl (C=O) groups is 1. The summed E-state index contributed by atoms with van der Waals surface area (Å²) in [5.41, 5.74) is -0.982. The zero-order valence-electron chi connectivity index (χ0n) is 8.59. The van der Waals surface area contributed by atoms with E-state index in [-0.39, 0.29) is 12.5 Å². The lowest BCUT2D eigenvalue weighted by Crippen LogP contribution is -2.40. The van der Waals surface area contributed by atoms with Gasteiger partial charge in [-0.2, -0.15) is 5.26 Å². The van der Waals surface area contributed by atoms with Crippen LogP contribution in [0.25, 0.3) is 0 Å². The Morgan fingerprint density at radius 2 is 2.43 bits per heavy atom. The van der Waals surface area contributed by atoms with Crippen molar-refractivity contribution in [1.82, 2.24) is 4.90 Å². The molecule has 1 saturated heterocycles. The quantitative estimate of drug-likeness (QED) is 0.674. The summed E-state index contributed by atoms with van der Waals surface area (Å²) in [6.07, 6.45) is -0.0500. The summed E-state index contributed by atoms with van der Waals surface area (Å²) < 4.78 is 12.9. The minimum absolute atomic E-state index is 0.149. The first-order chi connectivity index (χ1) is 6.53. The molecule has 0 saturated carbocycles. The molecule has 1 heterocycles. The second-order valence-corrected chi connectivity index (χ2v) is 3.93. The molecule has 1 rings (SSSR count). The van der Waals surface area contributed by atoms with Crippen LogP contribution < -0.4 is 0 Å². The van der Waals surface area contributed by atoms with Crippen LogP contribution in [0.4, 0.5) is 4.39 Å². The van der Waals surface area contributed by atoms with E-state index in [0.29, 0.717) is 19.4 Å². The van der Waals surface area contributed by atoms with Crippen molar-refractivity contribution < 1.29 is 9.18 Å². The molecule has 0 aromatic carbocycles. The van der Waals surface area contributed by atoms with Crippen LogP contribution in [0, 0.1) is 16.7 Å². The molecule has 0 spiro atoms. The van der Waals surface area contributed by atoms with E-state index in [1.807, 2.05) is 6.07 Å². The Hall–Kier alpha value is -1.11. The highest BCUT2D eigenvalue weighted by Gasteiger charge is 2.38. The highest BCUT2D eigenvalue weighted by atomic mass is 19.1. The maximum absolute atomic E-state index is 12.9. The third kappa shape index (κ3) is 1.87. The van der Waals surface area contributed by atoms with Crippen molar-refractivity contribution in [3.63, 3.8) is 0 Å². The molecule has 78 valence electrons. The molecule has 0 N–H and O–H groups in total. The van der Waals surface area contributed by atoms with E-state index in [1.54, 1.807) is 13.8 Å². The number of halogens is 1. The fraction of sp³-hybridized carbons (Fsp3) is 0.800. The average Bonchev–Trinajstić information content (AvgIpc) is 2.62. The summed E-state index contributed by atoms with van der Waals surface area (Å²) in [5.74, 6) is -0.234. The highest BCUT2D eigenvalue weighted by Crippen LogP contribution is 2.25. The first kappa shape index (κ1) is 11.0. The van der Waals surface area contributed by atoms with Gasteiger partial charge in [-0.25, -0.2) is 4.39 Å². The normalized spacial score (nSPS) is 25.6. The Kier molecular flexibility index (Phi) is 3.10. The van der Waals surface area contributed by atoms with Crippen LogP contribution in [-0.4, -0.2) is 30.1 Å². The van der Waals surface area contributed by atoms with Gasteiger partial charge in [0.15, 0.2) is 0 Å². The molecule has 14 heavy (non-hydrogen) atoms. The van der Waals surface area contributed by atoms with Gasteiger partial charge in [0.2, 0.25) is 5.91 Å². The van der Waals surface area contributed by atoms with Gasteiger partial charge in [0, 0.05) is 6.54 Å². The zero-order chi connectivity index (χ0) is 10.8. The number of hydrogen-bond acceptors (Lipinski definition) is 2. The van der Waals surface area contributed by atoms with Gasteiger partial charge in [0.25, 0.3) is 0 Å². The highest BCUT2D eigenvalue weighted by molar-refractivity contribution is 5.85. The van der Waals surface area contributed by atoms with E-state index in [4.69, 9.17) is 5.26 Å². The second-order valence-electron chi connectivity index (χ2n) is 3.93. The van der Waals surface area contributed by atoms with E-state index in [1.165, 1.54) is 4.90 Å². The van der Waals surface area contributed by atoms with Crippen LogP contribution in [0.5, 0.6) is 0 Å². The van der Waals surface area contributed by atoms with Gasteiger partial charge in [-0.15, -0.1) is 0 Å². The Labute approximate surface area is 83.5 Å². The van der Waals surface area contributed by atoms with E-state index >= 15 is 0 Å². The largest absolute Gasteiger partial charge is 0.338 e. The number of rotatable bonds is 2. The van der Waals surface area contributed by atoms with Gasteiger partial charge in [-0.1, -0.05) is 6.92 Å².